The molecule has 0 fully saturated rings. The number of benzene rings is 1. The van der Waals surface area contributed by atoms with E-state index in [1.165, 1.54) is 11.1 Å². The Balaban J connectivity index is 2.82. The minimum atomic E-state index is 0.169. The number of hydrogen-bond donors (Lipinski definition) is 2. The zero-order valence-corrected chi connectivity index (χ0v) is 8.87. The van der Waals surface area contributed by atoms with Gasteiger partial charge in [-0.2, -0.15) is 0 Å². The largest absolute Gasteiger partial charge is 0.330 e. The molecule has 1 atom stereocenters. The highest BCUT2D eigenvalue weighted by Crippen LogP contribution is 2.20. The van der Waals surface area contributed by atoms with E-state index in [0.717, 1.165) is 19.3 Å². The van der Waals surface area contributed by atoms with Crippen molar-refractivity contribution in [3.63, 3.8) is 0 Å². The fourth-order valence-corrected chi connectivity index (χ4v) is 1.75. The Hall–Kier alpha value is -0.860. The second-order valence-corrected chi connectivity index (χ2v) is 3.63. The summed E-state index contributed by atoms with van der Waals surface area (Å²) >= 11 is 0. The summed E-state index contributed by atoms with van der Waals surface area (Å²) in [6.07, 6.45) is 3.09. The van der Waals surface area contributed by atoms with Crippen LogP contribution in [0.25, 0.3) is 0 Å². The minimum Gasteiger partial charge on any atom is -0.330 e. The average molecular weight is 192 g/mol. The number of rotatable bonds is 5. The van der Waals surface area contributed by atoms with E-state index in [1.807, 2.05) is 12.1 Å². The van der Waals surface area contributed by atoms with Crippen LogP contribution in [0.15, 0.2) is 24.3 Å². The fraction of sp³-hybridized carbons (Fsp3) is 0.500. The molecule has 0 aliphatic rings. The van der Waals surface area contributed by atoms with Crippen LogP contribution in [0.1, 0.15) is 36.9 Å². The summed E-state index contributed by atoms with van der Waals surface area (Å²) in [4.78, 5) is 0. The molecule has 0 aliphatic carbocycles. The maximum Gasteiger partial charge on any atom is 0.0297 e. The van der Waals surface area contributed by atoms with Crippen LogP contribution in [-0.2, 0) is 6.42 Å². The Labute approximate surface area is 86.3 Å². The molecule has 1 aromatic carbocycles. The lowest BCUT2D eigenvalue weighted by atomic mass is 9.96. The average Bonchev–Trinajstić information content (AvgIpc) is 2.19. The standard InChI is InChI=1S/C12H20N2/c1-2-5-12(14)11-7-4-3-6-10(11)8-9-13/h3-4,6-7,12H,2,5,8-9,13-14H2,1H3/t12-/m1/s1. The van der Waals surface area contributed by atoms with E-state index in [2.05, 4.69) is 19.1 Å². The van der Waals surface area contributed by atoms with Gasteiger partial charge >= 0.3 is 0 Å². The maximum atomic E-state index is 6.10. The quantitative estimate of drug-likeness (QED) is 0.749. The van der Waals surface area contributed by atoms with Crippen LogP contribution >= 0.6 is 0 Å². The van der Waals surface area contributed by atoms with Crippen LogP contribution in [0.3, 0.4) is 0 Å². The van der Waals surface area contributed by atoms with E-state index in [4.69, 9.17) is 11.5 Å². The molecule has 14 heavy (non-hydrogen) atoms. The molecule has 0 unspecified atom stereocenters. The molecule has 0 saturated heterocycles. The van der Waals surface area contributed by atoms with Gasteiger partial charge in [0.2, 0.25) is 0 Å². The highest BCUT2D eigenvalue weighted by atomic mass is 14.6. The van der Waals surface area contributed by atoms with Gasteiger partial charge in [-0.1, -0.05) is 37.6 Å². The summed E-state index contributed by atoms with van der Waals surface area (Å²) in [6, 6.07) is 8.50. The van der Waals surface area contributed by atoms with Crippen LogP contribution < -0.4 is 11.5 Å². The molecule has 2 heteroatoms. The van der Waals surface area contributed by atoms with Gasteiger partial charge in [-0.05, 0) is 30.5 Å². The molecule has 0 bridgehead atoms. The highest BCUT2D eigenvalue weighted by Gasteiger charge is 2.08. The van der Waals surface area contributed by atoms with Crippen LogP contribution in [0.2, 0.25) is 0 Å². The first-order valence-corrected chi connectivity index (χ1v) is 5.33. The minimum absolute atomic E-state index is 0.169. The molecule has 0 aliphatic heterocycles. The van der Waals surface area contributed by atoms with E-state index >= 15 is 0 Å². The van der Waals surface area contributed by atoms with Crippen molar-refractivity contribution in [3.05, 3.63) is 35.4 Å². The van der Waals surface area contributed by atoms with E-state index in [1.54, 1.807) is 0 Å². The molecule has 2 nitrogen and oxygen atoms in total. The summed E-state index contributed by atoms with van der Waals surface area (Å²) in [5, 5.41) is 0. The van der Waals surface area contributed by atoms with Crippen LogP contribution in [0.4, 0.5) is 0 Å². The zero-order chi connectivity index (χ0) is 10.4. The summed E-state index contributed by atoms with van der Waals surface area (Å²) in [6.45, 7) is 2.85. The first kappa shape index (κ1) is 11.2. The van der Waals surface area contributed by atoms with Crippen LogP contribution in [-0.4, -0.2) is 6.54 Å². The second kappa shape index (κ2) is 5.78. The van der Waals surface area contributed by atoms with Crippen molar-refractivity contribution in [1.29, 1.82) is 0 Å². The zero-order valence-electron chi connectivity index (χ0n) is 8.87. The van der Waals surface area contributed by atoms with Crippen molar-refractivity contribution < 1.29 is 0 Å². The van der Waals surface area contributed by atoms with E-state index in [9.17, 15) is 0 Å². The molecule has 0 spiro atoms. The van der Waals surface area contributed by atoms with Crippen LogP contribution in [0, 0.1) is 0 Å². The summed E-state index contributed by atoms with van der Waals surface area (Å²) < 4.78 is 0. The molecule has 1 aromatic rings. The maximum absolute atomic E-state index is 6.10. The highest BCUT2D eigenvalue weighted by molar-refractivity contribution is 5.30. The monoisotopic (exact) mass is 192 g/mol. The van der Waals surface area contributed by atoms with Crippen molar-refractivity contribution in [2.45, 2.75) is 32.2 Å². The smallest absolute Gasteiger partial charge is 0.0297 e. The molecular formula is C12H20N2. The molecular weight excluding hydrogens is 172 g/mol. The van der Waals surface area contributed by atoms with E-state index in [-0.39, 0.29) is 6.04 Å². The number of hydrogen-bond acceptors (Lipinski definition) is 2. The SMILES string of the molecule is CCC[C@@H](N)c1ccccc1CCN. The fourth-order valence-electron chi connectivity index (χ4n) is 1.75. The van der Waals surface area contributed by atoms with Crippen molar-refractivity contribution in [1.82, 2.24) is 0 Å². The third-order valence-electron chi connectivity index (χ3n) is 2.47. The Morgan fingerprint density at radius 1 is 1.29 bits per heavy atom. The summed E-state index contributed by atoms with van der Waals surface area (Å²) in [5.74, 6) is 0. The molecule has 0 aromatic heterocycles. The summed E-state index contributed by atoms with van der Waals surface area (Å²) in [7, 11) is 0. The number of nitrogens with two attached hydrogens (primary N) is 2. The van der Waals surface area contributed by atoms with Crippen molar-refractivity contribution in [3.8, 4) is 0 Å². The van der Waals surface area contributed by atoms with Gasteiger partial charge in [0, 0.05) is 6.04 Å². The van der Waals surface area contributed by atoms with Gasteiger partial charge < -0.3 is 11.5 Å². The van der Waals surface area contributed by atoms with Gasteiger partial charge in [0.05, 0.1) is 0 Å². The third-order valence-corrected chi connectivity index (χ3v) is 2.47. The predicted molar refractivity (Wildman–Crippen MR) is 61.0 cm³/mol. The second-order valence-electron chi connectivity index (χ2n) is 3.63. The van der Waals surface area contributed by atoms with Crippen LogP contribution in [0.5, 0.6) is 0 Å². The first-order valence-electron chi connectivity index (χ1n) is 5.33. The Kier molecular flexibility index (Phi) is 4.63. The van der Waals surface area contributed by atoms with Crippen molar-refractivity contribution in [2.24, 2.45) is 11.5 Å². The normalized spacial score (nSPS) is 12.8. The third kappa shape index (κ3) is 2.82. The molecule has 78 valence electrons. The van der Waals surface area contributed by atoms with Gasteiger partial charge in [-0.25, -0.2) is 0 Å². The lowest BCUT2D eigenvalue weighted by Gasteiger charge is -2.15. The van der Waals surface area contributed by atoms with Gasteiger partial charge in [0.1, 0.15) is 0 Å². The van der Waals surface area contributed by atoms with Gasteiger partial charge in [-0.3, -0.25) is 0 Å². The van der Waals surface area contributed by atoms with Gasteiger partial charge in [0.25, 0.3) is 0 Å². The summed E-state index contributed by atoms with van der Waals surface area (Å²) in [5.41, 5.74) is 14.2. The lowest BCUT2D eigenvalue weighted by molar-refractivity contribution is 0.631. The van der Waals surface area contributed by atoms with Crippen molar-refractivity contribution >= 4 is 0 Å². The Morgan fingerprint density at radius 2 is 2.00 bits per heavy atom. The van der Waals surface area contributed by atoms with Gasteiger partial charge in [0.15, 0.2) is 0 Å². The Bertz CT molecular complexity index is 271. The molecule has 0 amide bonds. The van der Waals surface area contributed by atoms with E-state index < -0.39 is 0 Å². The lowest BCUT2D eigenvalue weighted by Crippen LogP contribution is -2.14. The first-order chi connectivity index (χ1) is 6.79. The van der Waals surface area contributed by atoms with Gasteiger partial charge in [-0.15, -0.1) is 0 Å². The van der Waals surface area contributed by atoms with Crippen molar-refractivity contribution in [2.75, 3.05) is 6.54 Å². The Morgan fingerprint density at radius 3 is 2.64 bits per heavy atom. The molecule has 0 radical (unpaired) electrons. The molecule has 4 N–H and O–H groups in total. The topological polar surface area (TPSA) is 52.0 Å². The molecule has 0 heterocycles. The predicted octanol–water partition coefficient (Wildman–Crippen LogP) is 1.99. The molecule has 1 rings (SSSR count). The molecule has 0 saturated carbocycles. The van der Waals surface area contributed by atoms with E-state index in [0.29, 0.717) is 6.54 Å².